The molecule has 0 bridgehead atoms. The highest BCUT2D eigenvalue weighted by Crippen LogP contribution is 2.46. The molecule has 1 aromatic carbocycles. The lowest BCUT2D eigenvalue weighted by Gasteiger charge is -2.37. The first-order valence-electron chi connectivity index (χ1n) is 12.7. The van der Waals surface area contributed by atoms with Crippen LogP contribution in [0, 0.1) is 22.9 Å². The number of aromatic nitrogens is 3. The number of nitro groups is 1. The summed E-state index contributed by atoms with van der Waals surface area (Å²) in [4.78, 5) is 43.4. The van der Waals surface area contributed by atoms with Crippen LogP contribution in [-0.2, 0) is 11.3 Å². The van der Waals surface area contributed by atoms with Crippen molar-refractivity contribution in [3.63, 3.8) is 0 Å². The molecular weight excluding hydrogens is 567 g/mol. The van der Waals surface area contributed by atoms with Crippen LogP contribution in [0.4, 0.5) is 15.9 Å². The van der Waals surface area contributed by atoms with Crippen LogP contribution in [0.2, 0.25) is 0 Å². The van der Waals surface area contributed by atoms with Gasteiger partial charge >= 0.3 is 11.8 Å². The molecule has 0 amide bonds. The fourth-order valence-corrected chi connectivity index (χ4v) is 6.55. The molecule has 1 N–H and O–H groups in total. The van der Waals surface area contributed by atoms with Crippen molar-refractivity contribution in [2.45, 2.75) is 36.9 Å². The number of alkyl halides is 1. The largest absolute Gasteiger partial charge is 0.477 e. The van der Waals surface area contributed by atoms with Gasteiger partial charge < -0.3 is 29.4 Å². The molecule has 12 nitrogen and oxygen atoms in total. The lowest BCUT2D eigenvalue weighted by Crippen LogP contribution is -2.47. The number of piperazine rings is 1. The number of carbonyl (C=O) groups is 1. The van der Waals surface area contributed by atoms with Gasteiger partial charge in [-0.1, -0.05) is 11.8 Å². The summed E-state index contributed by atoms with van der Waals surface area (Å²) in [7, 11) is 0. The van der Waals surface area contributed by atoms with Crippen LogP contribution in [0.15, 0.2) is 28.2 Å². The summed E-state index contributed by atoms with van der Waals surface area (Å²) in [6, 6.07) is 2.81. The van der Waals surface area contributed by atoms with Gasteiger partial charge in [0.15, 0.2) is 5.82 Å². The van der Waals surface area contributed by atoms with Crippen molar-refractivity contribution in [1.82, 2.24) is 19.0 Å². The van der Waals surface area contributed by atoms with E-state index in [9.17, 15) is 24.8 Å². The average molecular weight is 595 g/mol. The molecule has 0 spiro atoms. The molecule has 4 heterocycles. The van der Waals surface area contributed by atoms with Gasteiger partial charge in [-0.25, -0.2) is 18.7 Å². The van der Waals surface area contributed by atoms with Crippen molar-refractivity contribution >= 4 is 51.7 Å². The van der Waals surface area contributed by atoms with Gasteiger partial charge in [-0.3, -0.25) is 9.69 Å². The second kappa shape index (κ2) is 11.4. The molecule has 0 saturated carbocycles. The highest BCUT2D eigenvalue weighted by atomic mass is 35.5. The van der Waals surface area contributed by atoms with E-state index in [4.69, 9.17) is 16.3 Å². The Morgan fingerprint density at radius 1 is 1.35 bits per heavy atom. The number of pyridine rings is 1. The van der Waals surface area contributed by atoms with Crippen LogP contribution in [-0.4, -0.2) is 86.3 Å². The number of ether oxygens (including phenoxy) is 1. The number of halogens is 2. The minimum atomic E-state index is -1.31. The van der Waals surface area contributed by atoms with E-state index in [1.807, 2.05) is 11.8 Å². The number of thioether (sulfide) groups is 1. The first kappa shape index (κ1) is 28.3. The zero-order valence-electron chi connectivity index (χ0n) is 21.9. The number of rotatable bonds is 10. The number of benzene rings is 1. The fourth-order valence-electron chi connectivity index (χ4n) is 5.20. The predicted octanol–water partition coefficient (Wildman–Crippen LogP) is 3.32. The molecule has 0 aliphatic carbocycles. The first-order chi connectivity index (χ1) is 19.1. The molecular formula is C25H28ClFN6O6S. The Morgan fingerprint density at radius 3 is 2.70 bits per heavy atom. The van der Waals surface area contributed by atoms with Gasteiger partial charge in [-0.15, -0.1) is 11.6 Å². The third-order valence-electron chi connectivity index (χ3n) is 7.34. The van der Waals surface area contributed by atoms with E-state index in [-0.39, 0.29) is 34.6 Å². The summed E-state index contributed by atoms with van der Waals surface area (Å²) >= 11 is 7.38. The molecule has 5 rings (SSSR count). The second-order valence-electron chi connectivity index (χ2n) is 9.73. The van der Waals surface area contributed by atoms with Crippen LogP contribution in [0.5, 0.6) is 0 Å². The maximum absolute atomic E-state index is 15.2. The lowest BCUT2D eigenvalue weighted by atomic mass is 10.1. The van der Waals surface area contributed by atoms with Gasteiger partial charge in [0.05, 0.1) is 34.1 Å². The summed E-state index contributed by atoms with van der Waals surface area (Å²) in [5, 5.41) is 21.2. The summed E-state index contributed by atoms with van der Waals surface area (Å²) < 4.78 is 24.4. The van der Waals surface area contributed by atoms with E-state index in [0.29, 0.717) is 61.4 Å². The standard InChI is InChI=1S/C25H28ClFN6O6S/c1-14-28-12-21(33(37)38)31(14)13-16(11-26)39-8-7-29-3-5-30(6-4-29)20-10-19-17(9-18(20)27)23(34)22(25(35)36)24-32(19)15(2)40-24/h9-10,12,15-16H,3-8,11,13H2,1-2H3,(H,35,36). The van der Waals surface area contributed by atoms with Gasteiger partial charge in [0.1, 0.15) is 30.2 Å². The number of anilines is 1. The average Bonchev–Trinajstić information content (AvgIpc) is 3.28. The van der Waals surface area contributed by atoms with Crippen LogP contribution in [0.1, 0.15) is 28.5 Å². The normalized spacial score (nSPS) is 18.0. The molecule has 15 heteroatoms. The van der Waals surface area contributed by atoms with Gasteiger partial charge in [0.2, 0.25) is 5.43 Å². The van der Waals surface area contributed by atoms with E-state index in [2.05, 4.69) is 9.88 Å². The van der Waals surface area contributed by atoms with E-state index >= 15 is 4.39 Å². The summed E-state index contributed by atoms with van der Waals surface area (Å²) in [6.45, 7) is 7.21. The van der Waals surface area contributed by atoms with Gasteiger partial charge in [-0.2, -0.15) is 0 Å². The molecule has 3 aromatic rings. The van der Waals surface area contributed by atoms with Gasteiger partial charge in [0, 0.05) is 45.0 Å². The Kier molecular flexibility index (Phi) is 8.04. The number of carboxylic acid groups (broad SMARTS) is 1. The number of imidazole rings is 1. The zero-order chi connectivity index (χ0) is 28.7. The topological polar surface area (TPSA) is 136 Å². The SMILES string of the molecule is Cc1ncc([N+](=O)[O-])n1CC(CCl)OCCN1CCN(c2cc3c(cc2F)c(=O)c(C(=O)O)c2n3C(C)S2)CC1. The number of nitrogens with zero attached hydrogens (tertiary/aromatic N) is 6. The zero-order valence-corrected chi connectivity index (χ0v) is 23.5. The highest BCUT2D eigenvalue weighted by molar-refractivity contribution is 8.00. The monoisotopic (exact) mass is 594 g/mol. The molecule has 1 fully saturated rings. The van der Waals surface area contributed by atoms with E-state index < -0.39 is 28.2 Å². The molecule has 2 aromatic heterocycles. The molecule has 40 heavy (non-hydrogen) atoms. The molecule has 2 unspecified atom stereocenters. The fraction of sp³-hybridized carbons (Fsp3) is 0.480. The first-order valence-corrected chi connectivity index (χ1v) is 14.1. The summed E-state index contributed by atoms with van der Waals surface area (Å²) in [5.41, 5.74) is -0.0713. The number of hydrogen-bond donors (Lipinski definition) is 1. The number of carboxylic acids is 1. The van der Waals surface area contributed by atoms with Crippen LogP contribution in [0.25, 0.3) is 10.9 Å². The van der Waals surface area contributed by atoms with Crippen LogP contribution in [0.3, 0.4) is 0 Å². The number of hydrogen-bond acceptors (Lipinski definition) is 9. The maximum atomic E-state index is 15.2. The van der Waals surface area contributed by atoms with E-state index in [0.717, 1.165) is 6.07 Å². The molecule has 2 aliphatic rings. The van der Waals surface area contributed by atoms with Crippen molar-refractivity contribution in [1.29, 1.82) is 0 Å². The predicted molar refractivity (Wildman–Crippen MR) is 148 cm³/mol. The quantitative estimate of drug-likeness (QED) is 0.211. The number of fused-ring (bicyclic) bond motifs is 3. The molecule has 2 aliphatic heterocycles. The third-order valence-corrected chi connectivity index (χ3v) is 8.86. The summed E-state index contributed by atoms with van der Waals surface area (Å²) in [6.07, 6.45) is 0.791. The highest BCUT2D eigenvalue weighted by Gasteiger charge is 2.33. The molecule has 0 radical (unpaired) electrons. The maximum Gasteiger partial charge on any atom is 0.342 e. The van der Waals surface area contributed by atoms with Crippen LogP contribution < -0.4 is 10.3 Å². The summed E-state index contributed by atoms with van der Waals surface area (Å²) in [5.74, 6) is -1.30. The van der Waals surface area contributed by atoms with Crippen molar-refractivity contribution in [2.24, 2.45) is 0 Å². The van der Waals surface area contributed by atoms with E-state index in [1.165, 1.54) is 22.5 Å². The van der Waals surface area contributed by atoms with Crippen LogP contribution >= 0.6 is 23.4 Å². The van der Waals surface area contributed by atoms with Crippen molar-refractivity contribution in [3.8, 4) is 0 Å². The molecule has 214 valence electrons. The molecule has 1 saturated heterocycles. The van der Waals surface area contributed by atoms with Gasteiger partial charge in [0.25, 0.3) is 0 Å². The minimum Gasteiger partial charge on any atom is -0.477 e. The Hall–Kier alpha value is -3.20. The smallest absolute Gasteiger partial charge is 0.342 e. The Labute approximate surface area is 237 Å². The minimum absolute atomic E-state index is 0.0630. The number of aromatic carboxylic acids is 1. The molecule has 2 atom stereocenters. The van der Waals surface area contributed by atoms with E-state index in [1.54, 1.807) is 17.6 Å². The Balaban J connectivity index is 1.21. The second-order valence-corrected chi connectivity index (χ2v) is 11.3. The van der Waals surface area contributed by atoms with Crippen molar-refractivity contribution < 1.29 is 24.0 Å². The Morgan fingerprint density at radius 2 is 2.08 bits per heavy atom. The van der Waals surface area contributed by atoms with Crippen molar-refractivity contribution in [2.75, 3.05) is 50.1 Å². The number of aryl methyl sites for hydroxylation is 1. The van der Waals surface area contributed by atoms with Crippen molar-refractivity contribution in [3.05, 3.63) is 55.9 Å². The lowest BCUT2D eigenvalue weighted by molar-refractivity contribution is -0.392. The third kappa shape index (κ3) is 5.16. The van der Waals surface area contributed by atoms with Gasteiger partial charge in [-0.05, 0) is 24.0 Å². The Bertz CT molecular complexity index is 1540.